The smallest absolute Gasteiger partial charge is 0.307 e. The maximum Gasteiger partial charge on any atom is 0.307 e. The lowest BCUT2D eigenvalue weighted by atomic mass is 9.73. The van der Waals surface area contributed by atoms with Gasteiger partial charge < -0.3 is 15.6 Å². The normalized spacial score (nSPS) is 29.0. The van der Waals surface area contributed by atoms with Gasteiger partial charge in [0.25, 0.3) is 0 Å². The summed E-state index contributed by atoms with van der Waals surface area (Å²) in [5.74, 6) is -0.503. The number of hydrogen-bond donors (Lipinski definition) is 2. The van der Waals surface area contributed by atoms with Gasteiger partial charge in [-0.2, -0.15) is 8.78 Å². The Morgan fingerprint density at radius 1 is 1.37 bits per heavy atom. The average molecular weight is 277 g/mol. The molecule has 1 aliphatic carbocycles. The Bertz CT molecular complexity index is 306. The van der Waals surface area contributed by atoms with Crippen LogP contribution in [-0.2, 0) is 4.74 Å². The summed E-state index contributed by atoms with van der Waals surface area (Å²) in [6.07, 6.45) is 2.94. The van der Waals surface area contributed by atoms with Gasteiger partial charge in [-0.3, -0.25) is 0 Å². The SMILES string of the molecule is COC(C)CCC1CCCC(CC(O)=C(F)F)C1N. The Balaban J connectivity index is 2.51. The lowest BCUT2D eigenvalue weighted by Gasteiger charge is -2.36. The van der Waals surface area contributed by atoms with Crippen LogP contribution >= 0.6 is 0 Å². The van der Waals surface area contributed by atoms with Gasteiger partial charge in [-0.25, -0.2) is 0 Å². The van der Waals surface area contributed by atoms with E-state index in [2.05, 4.69) is 0 Å². The zero-order valence-corrected chi connectivity index (χ0v) is 11.7. The Labute approximate surface area is 113 Å². The van der Waals surface area contributed by atoms with Gasteiger partial charge in [-0.15, -0.1) is 0 Å². The van der Waals surface area contributed by atoms with Crippen LogP contribution in [0, 0.1) is 11.8 Å². The number of aliphatic hydroxyl groups excluding tert-OH is 1. The number of methoxy groups -OCH3 is 1. The van der Waals surface area contributed by atoms with Crippen LogP contribution in [0.3, 0.4) is 0 Å². The molecule has 3 nitrogen and oxygen atoms in total. The molecular weight excluding hydrogens is 252 g/mol. The van der Waals surface area contributed by atoms with Crippen LogP contribution in [0.4, 0.5) is 8.78 Å². The van der Waals surface area contributed by atoms with E-state index in [9.17, 15) is 13.9 Å². The van der Waals surface area contributed by atoms with E-state index in [0.717, 1.165) is 32.1 Å². The first kappa shape index (κ1) is 16.4. The largest absolute Gasteiger partial charge is 0.507 e. The summed E-state index contributed by atoms with van der Waals surface area (Å²) < 4.78 is 29.8. The van der Waals surface area contributed by atoms with Crippen molar-refractivity contribution in [3.8, 4) is 0 Å². The molecule has 112 valence electrons. The molecule has 0 bridgehead atoms. The minimum absolute atomic E-state index is 0.000167. The predicted octanol–water partition coefficient (Wildman–Crippen LogP) is 3.60. The first-order valence-corrected chi connectivity index (χ1v) is 6.97. The molecule has 0 aromatic rings. The van der Waals surface area contributed by atoms with E-state index in [1.54, 1.807) is 7.11 Å². The fourth-order valence-electron chi connectivity index (χ4n) is 2.88. The maximum atomic E-state index is 12.3. The molecule has 4 atom stereocenters. The van der Waals surface area contributed by atoms with Gasteiger partial charge in [-0.05, 0) is 44.4 Å². The summed E-state index contributed by atoms with van der Waals surface area (Å²) in [5.41, 5.74) is 6.18. The van der Waals surface area contributed by atoms with E-state index in [1.165, 1.54) is 0 Å². The summed E-state index contributed by atoms with van der Waals surface area (Å²) in [7, 11) is 1.68. The van der Waals surface area contributed by atoms with Crippen LogP contribution in [0.25, 0.3) is 0 Å². The predicted molar refractivity (Wildman–Crippen MR) is 71.0 cm³/mol. The highest BCUT2D eigenvalue weighted by atomic mass is 19.3. The molecule has 0 aromatic heterocycles. The van der Waals surface area contributed by atoms with E-state index in [0.29, 0.717) is 5.92 Å². The highest BCUT2D eigenvalue weighted by Crippen LogP contribution is 2.35. The number of ether oxygens (including phenoxy) is 1. The molecule has 0 aromatic carbocycles. The van der Waals surface area contributed by atoms with Crippen LogP contribution in [0.2, 0.25) is 0 Å². The lowest BCUT2D eigenvalue weighted by molar-refractivity contribution is 0.0946. The minimum Gasteiger partial charge on any atom is -0.507 e. The zero-order chi connectivity index (χ0) is 14.4. The van der Waals surface area contributed by atoms with E-state index in [-0.39, 0.29) is 24.5 Å². The highest BCUT2D eigenvalue weighted by Gasteiger charge is 2.31. The van der Waals surface area contributed by atoms with Gasteiger partial charge in [0.1, 0.15) is 0 Å². The Morgan fingerprint density at radius 2 is 2.00 bits per heavy atom. The van der Waals surface area contributed by atoms with Gasteiger partial charge >= 0.3 is 6.08 Å². The van der Waals surface area contributed by atoms with Crippen molar-refractivity contribution in [2.24, 2.45) is 17.6 Å². The molecule has 4 unspecified atom stereocenters. The van der Waals surface area contributed by atoms with Crippen molar-refractivity contribution in [3.63, 3.8) is 0 Å². The Kier molecular flexibility index (Phi) is 6.72. The lowest BCUT2D eigenvalue weighted by Crippen LogP contribution is -2.41. The second-order valence-corrected chi connectivity index (χ2v) is 5.56. The topological polar surface area (TPSA) is 55.5 Å². The molecule has 0 heterocycles. The highest BCUT2D eigenvalue weighted by molar-refractivity contribution is 4.97. The molecular formula is C14H25F2NO2. The molecule has 5 heteroatoms. The zero-order valence-electron chi connectivity index (χ0n) is 11.7. The van der Waals surface area contributed by atoms with Crippen molar-refractivity contribution in [2.75, 3.05) is 7.11 Å². The van der Waals surface area contributed by atoms with Gasteiger partial charge in [-0.1, -0.05) is 6.42 Å². The van der Waals surface area contributed by atoms with Crippen LogP contribution in [0.1, 0.15) is 45.4 Å². The third kappa shape index (κ3) is 5.07. The average Bonchev–Trinajstić information content (AvgIpc) is 2.39. The molecule has 0 spiro atoms. The number of allylic oxidation sites excluding steroid dienone is 1. The van der Waals surface area contributed by atoms with Crippen molar-refractivity contribution in [3.05, 3.63) is 11.8 Å². The summed E-state index contributed by atoms with van der Waals surface area (Å²) in [5, 5.41) is 9.19. The fourth-order valence-corrected chi connectivity index (χ4v) is 2.88. The molecule has 0 saturated heterocycles. The summed E-state index contributed by atoms with van der Waals surface area (Å²) in [4.78, 5) is 0. The minimum atomic E-state index is -1.98. The Hall–Kier alpha value is -0.680. The van der Waals surface area contributed by atoms with E-state index < -0.39 is 11.8 Å². The van der Waals surface area contributed by atoms with Gasteiger partial charge in [0, 0.05) is 19.6 Å². The van der Waals surface area contributed by atoms with E-state index in [4.69, 9.17) is 10.5 Å². The second-order valence-electron chi connectivity index (χ2n) is 5.56. The van der Waals surface area contributed by atoms with Crippen molar-refractivity contribution < 1.29 is 18.6 Å². The number of halogens is 2. The van der Waals surface area contributed by atoms with Crippen molar-refractivity contribution in [1.29, 1.82) is 0 Å². The molecule has 1 fully saturated rings. The maximum absolute atomic E-state index is 12.3. The number of hydrogen-bond acceptors (Lipinski definition) is 3. The molecule has 3 N–H and O–H groups in total. The third-order valence-corrected chi connectivity index (χ3v) is 4.26. The van der Waals surface area contributed by atoms with Gasteiger partial charge in [0.05, 0.1) is 6.10 Å². The molecule has 0 aliphatic heterocycles. The molecule has 1 saturated carbocycles. The first-order chi connectivity index (χ1) is 8.95. The standard InChI is InChI=1S/C14H25F2NO2/c1-9(19-2)6-7-10-4-3-5-11(13(10)17)8-12(18)14(15)16/h9-11,13,18H,3-8,17H2,1-2H3. The number of nitrogens with two attached hydrogens (primary N) is 1. The quantitative estimate of drug-likeness (QED) is 0.729. The molecule has 0 radical (unpaired) electrons. The summed E-state index contributed by atoms with van der Waals surface area (Å²) in [6, 6.07) is -0.112. The van der Waals surface area contributed by atoms with Crippen LogP contribution in [-0.4, -0.2) is 24.4 Å². The van der Waals surface area contributed by atoms with Gasteiger partial charge in [0.2, 0.25) is 0 Å². The monoisotopic (exact) mass is 277 g/mol. The van der Waals surface area contributed by atoms with E-state index >= 15 is 0 Å². The summed E-state index contributed by atoms with van der Waals surface area (Å²) >= 11 is 0. The first-order valence-electron chi connectivity index (χ1n) is 6.97. The van der Waals surface area contributed by atoms with Crippen molar-refractivity contribution >= 4 is 0 Å². The molecule has 19 heavy (non-hydrogen) atoms. The van der Waals surface area contributed by atoms with Gasteiger partial charge in [0.15, 0.2) is 5.76 Å². The Morgan fingerprint density at radius 3 is 2.58 bits per heavy atom. The van der Waals surface area contributed by atoms with Crippen molar-refractivity contribution in [2.45, 2.75) is 57.6 Å². The van der Waals surface area contributed by atoms with Crippen molar-refractivity contribution in [1.82, 2.24) is 0 Å². The molecule has 0 amide bonds. The third-order valence-electron chi connectivity index (χ3n) is 4.26. The fraction of sp³-hybridized carbons (Fsp3) is 0.857. The second kappa shape index (κ2) is 7.80. The van der Waals surface area contributed by atoms with E-state index in [1.807, 2.05) is 6.92 Å². The molecule has 1 rings (SSSR count). The van der Waals surface area contributed by atoms with Crippen LogP contribution in [0.15, 0.2) is 11.8 Å². The van der Waals surface area contributed by atoms with Crippen LogP contribution in [0.5, 0.6) is 0 Å². The molecule has 1 aliphatic rings. The number of rotatable bonds is 6. The summed E-state index contributed by atoms with van der Waals surface area (Å²) in [6.45, 7) is 2.01. The van der Waals surface area contributed by atoms with Crippen LogP contribution < -0.4 is 5.73 Å². The number of aliphatic hydroxyl groups is 1.